The number of carbonyl (C=O) groups excluding carboxylic acids is 1. The monoisotopic (exact) mass is 285 g/mol. The van der Waals surface area contributed by atoms with Crippen molar-refractivity contribution in [3.63, 3.8) is 0 Å². The first kappa shape index (κ1) is 10.7. The predicted octanol–water partition coefficient (Wildman–Crippen LogP) is 1.35. The normalized spacial score (nSPS) is 10.1. The van der Waals surface area contributed by atoms with Gasteiger partial charge in [0.15, 0.2) is 0 Å². The first-order valence-corrected chi connectivity index (χ1v) is 4.96. The van der Waals surface area contributed by atoms with Crippen molar-refractivity contribution in [1.29, 1.82) is 0 Å². The van der Waals surface area contributed by atoms with E-state index in [0.717, 1.165) is 0 Å². The SMILES string of the molecule is O=C(Nc1cc(F)ccc1Br)c1nn[nH]n1. The second-order valence-electron chi connectivity index (χ2n) is 2.81. The van der Waals surface area contributed by atoms with E-state index in [-0.39, 0.29) is 5.82 Å². The van der Waals surface area contributed by atoms with E-state index in [1.807, 2.05) is 0 Å². The van der Waals surface area contributed by atoms with E-state index in [0.29, 0.717) is 10.2 Å². The van der Waals surface area contributed by atoms with Gasteiger partial charge in [-0.05, 0) is 39.3 Å². The first-order valence-electron chi connectivity index (χ1n) is 4.16. The van der Waals surface area contributed by atoms with E-state index in [2.05, 4.69) is 41.9 Å². The number of H-pyrrole nitrogens is 1. The quantitative estimate of drug-likeness (QED) is 0.873. The van der Waals surface area contributed by atoms with Gasteiger partial charge in [-0.15, -0.1) is 10.2 Å². The van der Waals surface area contributed by atoms with Crippen LogP contribution < -0.4 is 5.32 Å². The van der Waals surface area contributed by atoms with E-state index in [1.165, 1.54) is 18.2 Å². The van der Waals surface area contributed by atoms with Crippen LogP contribution in [-0.4, -0.2) is 26.5 Å². The molecule has 0 saturated carbocycles. The molecule has 2 N–H and O–H groups in total. The number of nitrogens with zero attached hydrogens (tertiary/aromatic N) is 3. The Bertz CT molecular complexity index is 515. The summed E-state index contributed by atoms with van der Waals surface area (Å²) in [6.45, 7) is 0. The fraction of sp³-hybridized carbons (Fsp3) is 0. The molecule has 0 spiro atoms. The molecule has 8 heteroatoms. The summed E-state index contributed by atoms with van der Waals surface area (Å²) < 4.78 is 13.5. The molecule has 2 rings (SSSR count). The lowest BCUT2D eigenvalue weighted by molar-refractivity contribution is 0.101. The van der Waals surface area contributed by atoms with Crippen molar-refractivity contribution < 1.29 is 9.18 Å². The third kappa shape index (κ3) is 2.22. The molecular formula is C8H5BrFN5O. The van der Waals surface area contributed by atoms with E-state index >= 15 is 0 Å². The average molecular weight is 286 g/mol. The largest absolute Gasteiger partial charge is 0.318 e. The van der Waals surface area contributed by atoms with E-state index in [9.17, 15) is 9.18 Å². The molecule has 0 bridgehead atoms. The Hall–Kier alpha value is -1.83. The number of rotatable bonds is 2. The van der Waals surface area contributed by atoms with Gasteiger partial charge in [0.25, 0.3) is 11.7 Å². The number of nitrogens with one attached hydrogen (secondary N) is 2. The number of carbonyl (C=O) groups is 1. The van der Waals surface area contributed by atoms with Gasteiger partial charge in [-0.2, -0.15) is 5.21 Å². The molecule has 0 aliphatic carbocycles. The van der Waals surface area contributed by atoms with Gasteiger partial charge in [0, 0.05) is 4.47 Å². The zero-order chi connectivity index (χ0) is 11.5. The molecule has 0 atom stereocenters. The standard InChI is InChI=1S/C8H5BrFN5O/c9-5-2-1-4(10)3-6(5)11-8(16)7-12-14-15-13-7/h1-3H,(H,11,16)(H,12,13,14,15). The number of hydrogen-bond donors (Lipinski definition) is 2. The van der Waals surface area contributed by atoms with Gasteiger partial charge in [-0.1, -0.05) is 0 Å². The molecule has 0 fully saturated rings. The Morgan fingerprint density at radius 1 is 1.50 bits per heavy atom. The second-order valence-corrected chi connectivity index (χ2v) is 3.67. The number of tetrazole rings is 1. The summed E-state index contributed by atoms with van der Waals surface area (Å²) in [5.41, 5.74) is 0.301. The summed E-state index contributed by atoms with van der Waals surface area (Å²) >= 11 is 3.18. The number of anilines is 1. The molecule has 16 heavy (non-hydrogen) atoms. The molecule has 0 saturated heterocycles. The van der Waals surface area contributed by atoms with Gasteiger partial charge in [-0.3, -0.25) is 4.79 Å². The zero-order valence-electron chi connectivity index (χ0n) is 7.74. The minimum absolute atomic E-state index is 0.115. The van der Waals surface area contributed by atoms with Crippen molar-refractivity contribution in [2.45, 2.75) is 0 Å². The predicted molar refractivity (Wildman–Crippen MR) is 56.2 cm³/mol. The van der Waals surface area contributed by atoms with Crippen LogP contribution in [-0.2, 0) is 0 Å². The molecule has 0 unspecified atom stereocenters. The van der Waals surface area contributed by atoms with Crippen molar-refractivity contribution in [3.8, 4) is 0 Å². The summed E-state index contributed by atoms with van der Waals surface area (Å²) in [6, 6.07) is 3.94. The van der Waals surface area contributed by atoms with Crippen LogP contribution in [0, 0.1) is 5.82 Å². The maximum atomic E-state index is 12.9. The molecule has 6 nitrogen and oxygen atoms in total. The third-order valence-electron chi connectivity index (χ3n) is 1.73. The minimum Gasteiger partial charge on any atom is -0.318 e. The van der Waals surface area contributed by atoms with Gasteiger partial charge in [-0.25, -0.2) is 4.39 Å². The van der Waals surface area contributed by atoms with E-state index in [4.69, 9.17) is 0 Å². The fourth-order valence-electron chi connectivity index (χ4n) is 1.03. The summed E-state index contributed by atoms with van der Waals surface area (Å²) in [4.78, 5) is 11.5. The van der Waals surface area contributed by atoms with Gasteiger partial charge in [0.05, 0.1) is 5.69 Å². The molecule has 2 aromatic rings. The van der Waals surface area contributed by atoms with Gasteiger partial charge in [0.2, 0.25) is 0 Å². The van der Waals surface area contributed by atoms with E-state index in [1.54, 1.807) is 0 Å². The Labute approximate surface area is 97.4 Å². The molecule has 0 radical (unpaired) electrons. The van der Waals surface area contributed by atoms with Crippen molar-refractivity contribution >= 4 is 27.5 Å². The van der Waals surface area contributed by atoms with Crippen LogP contribution in [0.25, 0.3) is 0 Å². The Morgan fingerprint density at radius 2 is 2.31 bits per heavy atom. The summed E-state index contributed by atoms with van der Waals surface area (Å²) in [7, 11) is 0. The van der Waals surface area contributed by atoms with Gasteiger partial charge < -0.3 is 5.32 Å². The molecule has 82 valence electrons. The maximum absolute atomic E-state index is 12.9. The number of amides is 1. The molecule has 1 amide bonds. The number of aromatic amines is 1. The van der Waals surface area contributed by atoms with Crippen LogP contribution in [0.3, 0.4) is 0 Å². The zero-order valence-corrected chi connectivity index (χ0v) is 9.32. The highest BCUT2D eigenvalue weighted by atomic mass is 79.9. The minimum atomic E-state index is -0.569. The van der Waals surface area contributed by atoms with Crippen LogP contribution >= 0.6 is 15.9 Å². The number of halogens is 2. The Kier molecular flexibility index (Phi) is 2.91. The molecule has 1 heterocycles. The molecule has 0 aliphatic heterocycles. The lowest BCUT2D eigenvalue weighted by Gasteiger charge is -2.04. The van der Waals surface area contributed by atoms with Crippen LogP contribution in [0.2, 0.25) is 0 Å². The number of aromatic nitrogens is 4. The smallest absolute Gasteiger partial charge is 0.297 e. The average Bonchev–Trinajstić information content (AvgIpc) is 2.76. The van der Waals surface area contributed by atoms with Crippen molar-refractivity contribution in [1.82, 2.24) is 20.6 Å². The van der Waals surface area contributed by atoms with Gasteiger partial charge in [0.1, 0.15) is 5.82 Å². The highest BCUT2D eigenvalue weighted by Gasteiger charge is 2.12. The van der Waals surface area contributed by atoms with Crippen LogP contribution in [0.5, 0.6) is 0 Å². The highest BCUT2D eigenvalue weighted by Crippen LogP contribution is 2.23. The van der Waals surface area contributed by atoms with Crippen molar-refractivity contribution in [2.24, 2.45) is 0 Å². The van der Waals surface area contributed by atoms with E-state index < -0.39 is 11.7 Å². The Morgan fingerprint density at radius 3 is 3.00 bits per heavy atom. The summed E-state index contributed by atoms with van der Waals surface area (Å²) in [5.74, 6) is -1.14. The lowest BCUT2D eigenvalue weighted by atomic mass is 10.3. The fourth-order valence-corrected chi connectivity index (χ4v) is 1.38. The molecule has 1 aromatic heterocycles. The van der Waals surface area contributed by atoms with Crippen molar-refractivity contribution in [3.05, 3.63) is 34.3 Å². The molecule has 1 aromatic carbocycles. The van der Waals surface area contributed by atoms with Crippen LogP contribution in [0.1, 0.15) is 10.6 Å². The summed E-state index contributed by atoms with van der Waals surface area (Å²) in [6.07, 6.45) is 0. The molecule has 0 aliphatic rings. The summed E-state index contributed by atoms with van der Waals surface area (Å²) in [5, 5.41) is 14.8. The third-order valence-corrected chi connectivity index (χ3v) is 2.42. The number of benzene rings is 1. The van der Waals surface area contributed by atoms with Crippen LogP contribution in [0.15, 0.2) is 22.7 Å². The highest BCUT2D eigenvalue weighted by molar-refractivity contribution is 9.10. The first-order chi connectivity index (χ1) is 7.66. The van der Waals surface area contributed by atoms with Crippen molar-refractivity contribution in [2.75, 3.05) is 5.32 Å². The maximum Gasteiger partial charge on any atom is 0.297 e. The second kappa shape index (κ2) is 4.35. The lowest BCUT2D eigenvalue weighted by Crippen LogP contribution is -2.14. The Balaban J connectivity index is 2.21. The van der Waals surface area contributed by atoms with Gasteiger partial charge >= 0.3 is 0 Å². The molecular weight excluding hydrogens is 281 g/mol. The number of hydrogen-bond acceptors (Lipinski definition) is 4. The topological polar surface area (TPSA) is 83.6 Å². The van der Waals surface area contributed by atoms with Crippen LogP contribution in [0.4, 0.5) is 10.1 Å².